The van der Waals surface area contributed by atoms with E-state index in [0.29, 0.717) is 11.3 Å². The van der Waals surface area contributed by atoms with Crippen LogP contribution < -0.4 is 15.4 Å². The summed E-state index contributed by atoms with van der Waals surface area (Å²) in [5, 5.41) is 5.56. The summed E-state index contributed by atoms with van der Waals surface area (Å²) in [6.07, 6.45) is 1.97. The lowest BCUT2D eigenvalue weighted by Gasteiger charge is -2.19. The smallest absolute Gasteiger partial charge is 0.251 e. The number of hydrogen-bond donors (Lipinski definition) is 2. The fourth-order valence-electron chi connectivity index (χ4n) is 2.56. The first-order valence-corrected chi connectivity index (χ1v) is 8.94. The quantitative estimate of drug-likeness (QED) is 0.641. The predicted octanol–water partition coefficient (Wildman–Crippen LogP) is 2.05. The number of benzene rings is 1. The molecule has 25 heavy (non-hydrogen) atoms. The van der Waals surface area contributed by atoms with Gasteiger partial charge in [-0.3, -0.25) is 9.59 Å². The minimum absolute atomic E-state index is 0.0226. The van der Waals surface area contributed by atoms with Crippen molar-refractivity contribution in [3.8, 4) is 5.75 Å². The van der Waals surface area contributed by atoms with Gasteiger partial charge in [0, 0.05) is 11.6 Å². The topological polar surface area (TPSA) is 70.7 Å². The third kappa shape index (κ3) is 8.03. The van der Waals surface area contributed by atoms with Gasteiger partial charge in [-0.05, 0) is 63.7 Å². The summed E-state index contributed by atoms with van der Waals surface area (Å²) in [4.78, 5) is 26.3. The van der Waals surface area contributed by atoms with E-state index in [4.69, 9.17) is 4.74 Å². The van der Waals surface area contributed by atoms with Crippen molar-refractivity contribution in [3.63, 3.8) is 0 Å². The fourth-order valence-corrected chi connectivity index (χ4v) is 2.56. The van der Waals surface area contributed by atoms with Crippen molar-refractivity contribution in [2.24, 2.45) is 0 Å². The van der Waals surface area contributed by atoms with Crippen LogP contribution in [0.5, 0.6) is 5.75 Å². The van der Waals surface area contributed by atoms with Crippen molar-refractivity contribution in [3.05, 3.63) is 29.8 Å². The van der Waals surface area contributed by atoms with Gasteiger partial charge < -0.3 is 20.3 Å². The van der Waals surface area contributed by atoms with Gasteiger partial charge >= 0.3 is 0 Å². The van der Waals surface area contributed by atoms with Crippen molar-refractivity contribution in [1.29, 1.82) is 0 Å². The molecule has 1 rings (SSSR count). The highest BCUT2D eigenvalue weighted by Gasteiger charge is 2.11. The zero-order valence-electron chi connectivity index (χ0n) is 15.8. The van der Waals surface area contributed by atoms with Crippen molar-refractivity contribution in [2.45, 2.75) is 39.7 Å². The Morgan fingerprint density at radius 3 is 2.36 bits per heavy atom. The maximum atomic E-state index is 12.0. The second-order valence-corrected chi connectivity index (χ2v) is 6.05. The number of nitrogens with one attached hydrogen (secondary N) is 2. The Balaban J connectivity index is 2.27. The van der Waals surface area contributed by atoms with E-state index in [1.54, 1.807) is 31.4 Å². The minimum Gasteiger partial charge on any atom is -0.497 e. The molecule has 1 aromatic rings. The van der Waals surface area contributed by atoms with Crippen LogP contribution in [0.1, 0.15) is 44.0 Å². The molecule has 6 heteroatoms. The molecule has 0 radical (unpaired) electrons. The summed E-state index contributed by atoms with van der Waals surface area (Å²) in [6, 6.07) is 6.87. The number of carbonyl (C=O) groups is 2. The third-order valence-corrected chi connectivity index (χ3v) is 4.18. The van der Waals surface area contributed by atoms with Gasteiger partial charge in [0.1, 0.15) is 5.75 Å². The molecule has 140 valence electrons. The molecule has 0 aliphatic heterocycles. The standard InChI is InChI=1S/C19H31N3O3/c1-5-22(6-2)13-7-8-15(3)21-18(23)14-20-19(24)16-9-11-17(25-4)12-10-16/h9-12,15H,5-8,13-14H2,1-4H3,(H,20,24)(H,21,23). The van der Waals surface area contributed by atoms with Crippen LogP contribution in [-0.2, 0) is 4.79 Å². The van der Waals surface area contributed by atoms with Crippen LogP contribution in [0.4, 0.5) is 0 Å². The molecule has 6 nitrogen and oxygen atoms in total. The van der Waals surface area contributed by atoms with Crippen molar-refractivity contribution >= 4 is 11.8 Å². The minimum atomic E-state index is -0.271. The normalized spacial score (nSPS) is 11.9. The van der Waals surface area contributed by atoms with Gasteiger partial charge in [0.05, 0.1) is 13.7 Å². The highest BCUT2D eigenvalue weighted by atomic mass is 16.5. The Hall–Kier alpha value is -2.08. The monoisotopic (exact) mass is 349 g/mol. The summed E-state index contributed by atoms with van der Waals surface area (Å²) in [5.41, 5.74) is 0.501. The van der Waals surface area contributed by atoms with E-state index in [9.17, 15) is 9.59 Å². The molecule has 0 bridgehead atoms. The number of hydrogen-bond acceptors (Lipinski definition) is 4. The zero-order valence-corrected chi connectivity index (χ0v) is 15.8. The van der Waals surface area contributed by atoms with E-state index in [1.165, 1.54) is 0 Å². The van der Waals surface area contributed by atoms with Crippen LogP contribution in [0.25, 0.3) is 0 Å². The molecule has 0 aliphatic carbocycles. The number of carbonyl (C=O) groups excluding carboxylic acids is 2. The summed E-state index contributed by atoms with van der Waals surface area (Å²) >= 11 is 0. The molecule has 0 fully saturated rings. The van der Waals surface area contributed by atoms with Crippen molar-refractivity contribution in [1.82, 2.24) is 15.5 Å². The first kappa shape index (κ1) is 21.0. The van der Waals surface area contributed by atoms with Gasteiger partial charge in [-0.25, -0.2) is 0 Å². The first-order chi connectivity index (χ1) is 12.0. The number of ether oxygens (including phenoxy) is 1. The van der Waals surface area contributed by atoms with E-state index in [-0.39, 0.29) is 24.4 Å². The zero-order chi connectivity index (χ0) is 18.7. The lowest BCUT2D eigenvalue weighted by atomic mass is 10.1. The van der Waals surface area contributed by atoms with Crippen LogP contribution in [0.3, 0.4) is 0 Å². The molecule has 2 amide bonds. The largest absolute Gasteiger partial charge is 0.497 e. The van der Waals surface area contributed by atoms with E-state index in [1.807, 2.05) is 6.92 Å². The van der Waals surface area contributed by atoms with Gasteiger partial charge in [-0.15, -0.1) is 0 Å². The van der Waals surface area contributed by atoms with Crippen LogP contribution in [0.15, 0.2) is 24.3 Å². The highest BCUT2D eigenvalue weighted by Crippen LogP contribution is 2.10. The van der Waals surface area contributed by atoms with E-state index in [2.05, 4.69) is 29.4 Å². The van der Waals surface area contributed by atoms with Crippen LogP contribution >= 0.6 is 0 Å². The molecule has 0 saturated heterocycles. The average molecular weight is 349 g/mol. The number of nitrogens with zero attached hydrogens (tertiary/aromatic N) is 1. The van der Waals surface area contributed by atoms with Gasteiger partial charge in [-0.1, -0.05) is 13.8 Å². The number of methoxy groups -OCH3 is 1. The molecular weight excluding hydrogens is 318 g/mol. The molecule has 0 heterocycles. The van der Waals surface area contributed by atoms with Crippen molar-refractivity contribution < 1.29 is 14.3 Å². The Morgan fingerprint density at radius 2 is 1.80 bits per heavy atom. The van der Waals surface area contributed by atoms with Crippen molar-refractivity contribution in [2.75, 3.05) is 33.3 Å². The molecule has 0 aliphatic rings. The number of rotatable bonds is 11. The molecular formula is C19H31N3O3. The predicted molar refractivity (Wildman–Crippen MR) is 100.0 cm³/mol. The molecule has 0 aromatic heterocycles. The van der Waals surface area contributed by atoms with E-state index >= 15 is 0 Å². The van der Waals surface area contributed by atoms with Gasteiger partial charge in [0.15, 0.2) is 0 Å². The van der Waals surface area contributed by atoms with Gasteiger partial charge in [0.2, 0.25) is 5.91 Å². The Kier molecular flexibility index (Phi) is 9.62. The summed E-state index contributed by atoms with van der Waals surface area (Å²) in [5.74, 6) is 0.247. The maximum Gasteiger partial charge on any atom is 0.251 e. The summed E-state index contributed by atoms with van der Waals surface area (Å²) in [6.45, 7) is 9.42. The van der Waals surface area contributed by atoms with E-state index < -0.39 is 0 Å². The second kappa shape index (κ2) is 11.5. The molecule has 1 aromatic carbocycles. The number of amides is 2. The fraction of sp³-hybridized carbons (Fsp3) is 0.579. The highest BCUT2D eigenvalue weighted by molar-refractivity contribution is 5.96. The first-order valence-electron chi connectivity index (χ1n) is 8.94. The van der Waals surface area contributed by atoms with Crippen LogP contribution in [0, 0.1) is 0 Å². The van der Waals surface area contributed by atoms with Crippen LogP contribution in [-0.4, -0.2) is 56.0 Å². The lowest BCUT2D eigenvalue weighted by Crippen LogP contribution is -2.41. The average Bonchev–Trinajstić information content (AvgIpc) is 2.63. The Bertz CT molecular complexity index is 527. The van der Waals surface area contributed by atoms with Gasteiger partial charge in [0.25, 0.3) is 5.91 Å². The van der Waals surface area contributed by atoms with Crippen LogP contribution in [0.2, 0.25) is 0 Å². The third-order valence-electron chi connectivity index (χ3n) is 4.18. The summed E-state index contributed by atoms with van der Waals surface area (Å²) in [7, 11) is 1.57. The van der Waals surface area contributed by atoms with Gasteiger partial charge in [-0.2, -0.15) is 0 Å². The van der Waals surface area contributed by atoms with E-state index in [0.717, 1.165) is 32.5 Å². The molecule has 0 spiro atoms. The molecule has 1 unspecified atom stereocenters. The molecule has 1 atom stereocenters. The Morgan fingerprint density at radius 1 is 1.16 bits per heavy atom. The molecule has 0 saturated carbocycles. The SMILES string of the molecule is CCN(CC)CCCC(C)NC(=O)CNC(=O)c1ccc(OC)cc1. The molecule has 2 N–H and O–H groups in total. The summed E-state index contributed by atoms with van der Waals surface area (Å²) < 4.78 is 5.05. The lowest BCUT2D eigenvalue weighted by molar-refractivity contribution is -0.120. The maximum absolute atomic E-state index is 12.0. The second-order valence-electron chi connectivity index (χ2n) is 6.05. The Labute approximate surface area is 150 Å².